The molecular weight excluding hydrogens is 232 g/mol. The second kappa shape index (κ2) is 5.46. The SMILES string of the molecule is CN1CCCCC1CCNC1CC(Cl)C1(C)C. The maximum atomic E-state index is 6.24. The van der Waals surface area contributed by atoms with Gasteiger partial charge in [-0.2, -0.15) is 0 Å². The van der Waals surface area contributed by atoms with E-state index in [1.54, 1.807) is 0 Å². The van der Waals surface area contributed by atoms with Crippen molar-refractivity contribution < 1.29 is 0 Å². The first-order chi connectivity index (χ1) is 8.01. The van der Waals surface area contributed by atoms with Gasteiger partial charge in [0.2, 0.25) is 0 Å². The molecule has 0 radical (unpaired) electrons. The summed E-state index contributed by atoms with van der Waals surface area (Å²) in [6.07, 6.45) is 6.59. The molecule has 3 unspecified atom stereocenters. The quantitative estimate of drug-likeness (QED) is 0.781. The maximum absolute atomic E-state index is 6.24. The van der Waals surface area contributed by atoms with E-state index < -0.39 is 0 Å². The van der Waals surface area contributed by atoms with Crippen molar-refractivity contribution in [3.8, 4) is 0 Å². The highest BCUT2D eigenvalue weighted by Gasteiger charge is 2.46. The number of hydrogen-bond acceptors (Lipinski definition) is 2. The van der Waals surface area contributed by atoms with Crippen LogP contribution >= 0.6 is 11.6 Å². The molecule has 1 saturated heterocycles. The summed E-state index contributed by atoms with van der Waals surface area (Å²) < 4.78 is 0. The number of nitrogens with one attached hydrogen (secondary N) is 1. The van der Waals surface area contributed by atoms with Gasteiger partial charge in [0, 0.05) is 17.5 Å². The number of alkyl halides is 1. The van der Waals surface area contributed by atoms with Gasteiger partial charge in [-0.3, -0.25) is 0 Å². The van der Waals surface area contributed by atoms with E-state index in [2.05, 4.69) is 31.1 Å². The summed E-state index contributed by atoms with van der Waals surface area (Å²) >= 11 is 6.24. The zero-order valence-corrected chi connectivity index (χ0v) is 12.3. The largest absolute Gasteiger partial charge is 0.313 e. The number of halogens is 1. The van der Waals surface area contributed by atoms with Crippen LogP contribution in [0.2, 0.25) is 0 Å². The normalized spacial score (nSPS) is 37.8. The van der Waals surface area contributed by atoms with E-state index in [9.17, 15) is 0 Å². The summed E-state index contributed by atoms with van der Waals surface area (Å²) in [7, 11) is 2.27. The molecule has 2 fully saturated rings. The molecule has 0 aromatic rings. The molecule has 17 heavy (non-hydrogen) atoms. The lowest BCUT2D eigenvalue weighted by molar-refractivity contribution is 0.110. The van der Waals surface area contributed by atoms with Crippen LogP contribution in [-0.2, 0) is 0 Å². The van der Waals surface area contributed by atoms with Gasteiger partial charge in [-0.25, -0.2) is 0 Å². The Kier molecular flexibility index (Phi) is 4.38. The minimum absolute atomic E-state index is 0.278. The summed E-state index contributed by atoms with van der Waals surface area (Å²) in [5.74, 6) is 0. The molecule has 1 aliphatic heterocycles. The third-order valence-electron chi connectivity index (χ3n) is 4.94. The van der Waals surface area contributed by atoms with E-state index in [4.69, 9.17) is 11.6 Å². The Bertz CT molecular complexity index is 251. The molecule has 0 spiro atoms. The van der Waals surface area contributed by atoms with Crippen LogP contribution in [0.3, 0.4) is 0 Å². The summed E-state index contributed by atoms with van der Waals surface area (Å²) in [5, 5.41) is 4.06. The smallest absolute Gasteiger partial charge is 0.0416 e. The second-order valence-electron chi connectivity index (χ2n) is 6.45. The Morgan fingerprint density at radius 2 is 2.12 bits per heavy atom. The molecule has 1 heterocycles. The summed E-state index contributed by atoms with van der Waals surface area (Å²) in [5.41, 5.74) is 0.278. The van der Waals surface area contributed by atoms with Gasteiger partial charge < -0.3 is 10.2 Å². The highest BCUT2D eigenvalue weighted by atomic mass is 35.5. The molecule has 0 bridgehead atoms. The first kappa shape index (κ1) is 13.6. The van der Waals surface area contributed by atoms with Crippen LogP contribution in [0.5, 0.6) is 0 Å². The molecule has 0 amide bonds. The third kappa shape index (κ3) is 2.97. The van der Waals surface area contributed by atoms with Crippen LogP contribution in [0.15, 0.2) is 0 Å². The maximum Gasteiger partial charge on any atom is 0.0416 e. The van der Waals surface area contributed by atoms with Crippen LogP contribution < -0.4 is 5.32 Å². The van der Waals surface area contributed by atoms with Crippen LogP contribution in [0.25, 0.3) is 0 Å². The van der Waals surface area contributed by atoms with Crippen LogP contribution in [0.1, 0.15) is 46.0 Å². The molecule has 2 nitrogen and oxygen atoms in total. The fourth-order valence-corrected chi connectivity index (χ4v) is 3.48. The molecule has 3 atom stereocenters. The van der Waals surface area contributed by atoms with Crippen molar-refractivity contribution in [2.24, 2.45) is 5.41 Å². The van der Waals surface area contributed by atoms with Crippen molar-refractivity contribution in [1.82, 2.24) is 10.2 Å². The van der Waals surface area contributed by atoms with Crippen molar-refractivity contribution in [2.75, 3.05) is 20.1 Å². The number of rotatable bonds is 4. The predicted molar refractivity (Wildman–Crippen MR) is 74.7 cm³/mol. The van der Waals surface area contributed by atoms with Gasteiger partial charge in [-0.1, -0.05) is 20.3 Å². The monoisotopic (exact) mass is 258 g/mol. The summed E-state index contributed by atoms with van der Waals surface area (Å²) in [6, 6.07) is 1.42. The molecule has 100 valence electrons. The molecule has 3 heteroatoms. The molecule has 1 N–H and O–H groups in total. The lowest BCUT2D eigenvalue weighted by atomic mass is 9.67. The molecular formula is C14H27ClN2. The first-order valence-corrected chi connectivity index (χ1v) is 7.53. The Morgan fingerprint density at radius 1 is 1.35 bits per heavy atom. The van der Waals surface area contributed by atoms with Crippen LogP contribution in [0.4, 0.5) is 0 Å². The molecule has 0 aromatic carbocycles. The van der Waals surface area contributed by atoms with E-state index in [0.29, 0.717) is 11.4 Å². The van der Waals surface area contributed by atoms with Gasteiger partial charge in [-0.05, 0) is 51.2 Å². The Morgan fingerprint density at radius 3 is 2.71 bits per heavy atom. The average Bonchev–Trinajstić information content (AvgIpc) is 2.30. The zero-order valence-electron chi connectivity index (χ0n) is 11.5. The molecule has 1 saturated carbocycles. The minimum atomic E-state index is 0.278. The minimum Gasteiger partial charge on any atom is -0.313 e. The predicted octanol–water partition coefficient (Wildman–Crippen LogP) is 2.86. The number of piperidine rings is 1. The lowest BCUT2D eigenvalue weighted by Gasteiger charge is -2.49. The van der Waals surface area contributed by atoms with Gasteiger partial charge in [0.25, 0.3) is 0 Å². The summed E-state index contributed by atoms with van der Waals surface area (Å²) in [6.45, 7) is 6.98. The van der Waals surface area contributed by atoms with Gasteiger partial charge in [0.1, 0.15) is 0 Å². The average molecular weight is 259 g/mol. The highest BCUT2D eigenvalue weighted by Crippen LogP contribution is 2.44. The van der Waals surface area contributed by atoms with Gasteiger partial charge in [0.15, 0.2) is 0 Å². The fourth-order valence-electron chi connectivity index (χ4n) is 3.15. The van der Waals surface area contributed by atoms with Crippen molar-refractivity contribution >= 4 is 11.6 Å². The highest BCUT2D eigenvalue weighted by molar-refractivity contribution is 6.21. The third-order valence-corrected chi connectivity index (χ3v) is 5.68. The van der Waals surface area contributed by atoms with Crippen molar-refractivity contribution in [3.63, 3.8) is 0 Å². The van der Waals surface area contributed by atoms with E-state index in [1.807, 2.05) is 0 Å². The second-order valence-corrected chi connectivity index (χ2v) is 6.98. The van der Waals surface area contributed by atoms with Gasteiger partial charge in [0.05, 0.1) is 0 Å². The van der Waals surface area contributed by atoms with E-state index in [0.717, 1.165) is 19.0 Å². The van der Waals surface area contributed by atoms with Crippen LogP contribution in [-0.4, -0.2) is 42.5 Å². The first-order valence-electron chi connectivity index (χ1n) is 7.09. The molecule has 2 aliphatic rings. The van der Waals surface area contributed by atoms with E-state index in [-0.39, 0.29) is 5.41 Å². The number of nitrogens with zero attached hydrogens (tertiary/aromatic N) is 1. The number of likely N-dealkylation sites (tertiary alicyclic amines) is 1. The van der Waals surface area contributed by atoms with Crippen LogP contribution in [0, 0.1) is 5.41 Å². The Labute approximate surface area is 111 Å². The zero-order chi connectivity index (χ0) is 12.5. The van der Waals surface area contributed by atoms with Gasteiger partial charge >= 0.3 is 0 Å². The van der Waals surface area contributed by atoms with E-state index >= 15 is 0 Å². The number of hydrogen-bond donors (Lipinski definition) is 1. The fraction of sp³-hybridized carbons (Fsp3) is 1.00. The van der Waals surface area contributed by atoms with Gasteiger partial charge in [-0.15, -0.1) is 11.6 Å². The lowest BCUT2D eigenvalue weighted by Crippen LogP contribution is -2.58. The Hall–Kier alpha value is 0.210. The molecule has 2 rings (SSSR count). The van der Waals surface area contributed by atoms with E-state index in [1.165, 1.54) is 32.2 Å². The Balaban J connectivity index is 1.66. The molecule has 1 aliphatic carbocycles. The van der Waals surface area contributed by atoms with Crippen molar-refractivity contribution in [2.45, 2.75) is 63.4 Å². The van der Waals surface area contributed by atoms with Crippen molar-refractivity contribution in [1.29, 1.82) is 0 Å². The molecule has 0 aromatic heterocycles. The van der Waals surface area contributed by atoms with Crippen molar-refractivity contribution in [3.05, 3.63) is 0 Å². The topological polar surface area (TPSA) is 15.3 Å². The standard InChI is InChI=1S/C14H27ClN2/c1-14(2)12(15)10-13(14)16-8-7-11-6-4-5-9-17(11)3/h11-13,16H,4-10H2,1-3H3. The summed E-state index contributed by atoms with van der Waals surface area (Å²) in [4.78, 5) is 2.53.